The molecule has 10 N–H and O–H groups in total. The van der Waals surface area contributed by atoms with Crippen molar-refractivity contribution in [3.8, 4) is 0 Å². The molecule has 200 valence electrons. The van der Waals surface area contributed by atoms with Crippen LogP contribution in [0.1, 0.15) is 37.3 Å². The molecule has 5 unspecified atom stereocenters. The number of aliphatic hydroxyl groups is 3. The van der Waals surface area contributed by atoms with Crippen LogP contribution in [0.4, 0.5) is 4.39 Å². The first-order valence-electron chi connectivity index (χ1n) is 11.7. The Balaban J connectivity index is 1.90. The second-order valence-corrected chi connectivity index (χ2v) is 8.71. The van der Waals surface area contributed by atoms with Gasteiger partial charge in [0.2, 0.25) is 18.1 Å². The van der Waals surface area contributed by atoms with Gasteiger partial charge in [-0.25, -0.2) is 9.80 Å². The maximum absolute atomic E-state index is 13.9. The van der Waals surface area contributed by atoms with Crippen LogP contribution in [0.15, 0.2) is 35.5 Å². The summed E-state index contributed by atoms with van der Waals surface area (Å²) in [4.78, 5) is 22.5. The van der Waals surface area contributed by atoms with Crippen molar-refractivity contribution >= 4 is 17.7 Å². The van der Waals surface area contributed by atoms with Gasteiger partial charge in [0.1, 0.15) is 18.3 Å². The van der Waals surface area contributed by atoms with E-state index in [9.17, 15) is 29.3 Å². The molecule has 1 aromatic carbocycles. The van der Waals surface area contributed by atoms with E-state index in [4.69, 9.17) is 26.4 Å². The van der Waals surface area contributed by atoms with E-state index in [1.807, 2.05) is 24.3 Å². The van der Waals surface area contributed by atoms with Gasteiger partial charge in [-0.15, -0.1) is 0 Å². The number of ether oxygens (including phenoxy) is 2. The molecule has 2 rings (SSSR count). The summed E-state index contributed by atoms with van der Waals surface area (Å²) in [6.07, 6.45) is -6.34. The number of carbonyl (C=O) groups excluding carboxylic acids is 2. The maximum atomic E-state index is 13.9. The number of aryl methyl sites for hydroxylation is 1. The summed E-state index contributed by atoms with van der Waals surface area (Å²) in [7, 11) is 0. The molecule has 1 saturated heterocycles. The zero-order chi connectivity index (χ0) is 26.8. The van der Waals surface area contributed by atoms with Crippen LogP contribution in [-0.4, -0.2) is 77.0 Å². The molecule has 12 heteroatoms. The van der Waals surface area contributed by atoms with Crippen molar-refractivity contribution in [2.24, 2.45) is 11.5 Å². The molecule has 1 aliphatic heterocycles. The SMILES string of the molecule is CC(N)=C(Cc1ccc(CCCC(=O)NCCC(N)=O)cc1)C(=[NH2+])OC1OC(CO)C(F)C(O)C1O. The van der Waals surface area contributed by atoms with Crippen LogP contribution >= 0.6 is 0 Å². The summed E-state index contributed by atoms with van der Waals surface area (Å²) in [5, 5.41) is 37.9. The lowest BCUT2D eigenvalue weighted by molar-refractivity contribution is -0.281. The smallest absolute Gasteiger partial charge is 0.366 e. The number of rotatable bonds is 12. The quantitative estimate of drug-likeness (QED) is 0.120. The van der Waals surface area contributed by atoms with Crippen LogP contribution in [0.25, 0.3) is 0 Å². The predicted octanol–water partition coefficient (Wildman–Crippen LogP) is -2.27. The zero-order valence-electron chi connectivity index (χ0n) is 20.2. The first-order valence-corrected chi connectivity index (χ1v) is 11.7. The van der Waals surface area contributed by atoms with E-state index in [0.717, 1.165) is 11.1 Å². The molecule has 1 heterocycles. The minimum Gasteiger partial charge on any atom is -0.412 e. The Bertz CT molecular complexity index is 935. The van der Waals surface area contributed by atoms with E-state index in [0.29, 0.717) is 30.5 Å². The molecule has 11 nitrogen and oxygen atoms in total. The number of carbonyl (C=O) groups is 2. The first kappa shape index (κ1) is 29.2. The number of hydrogen-bond acceptors (Lipinski definition) is 8. The lowest BCUT2D eigenvalue weighted by Gasteiger charge is -2.37. The highest BCUT2D eigenvalue weighted by atomic mass is 19.1. The van der Waals surface area contributed by atoms with Gasteiger partial charge in [-0.05, 0) is 30.9 Å². The van der Waals surface area contributed by atoms with Crippen LogP contribution < -0.4 is 22.2 Å². The number of benzene rings is 1. The van der Waals surface area contributed by atoms with Gasteiger partial charge in [0.15, 0.2) is 6.17 Å². The Morgan fingerprint density at radius 3 is 2.36 bits per heavy atom. The standard InChI is InChI=1S/C24H35FN4O7/c1-13(26)16(23(28)36-24-22(34)21(33)20(25)17(12-30)35-24)11-15-7-5-14(6-8-15)3-2-4-19(32)29-10-9-18(27)31/h5-8,17,20-22,24,28,30,33-34H,2-4,9-12,26H2,1H3,(H2,27,31)(H,29,32)/p+1. The summed E-state index contributed by atoms with van der Waals surface area (Å²) in [6, 6.07) is 7.59. The largest absolute Gasteiger partial charge is 0.412 e. The predicted molar refractivity (Wildman–Crippen MR) is 127 cm³/mol. The molecular formula is C24H36FN4O7+. The Morgan fingerprint density at radius 2 is 1.78 bits per heavy atom. The van der Waals surface area contributed by atoms with Gasteiger partial charge < -0.3 is 41.6 Å². The van der Waals surface area contributed by atoms with E-state index < -0.39 is 43.3 Å². The minimum absolute atomic E-state index is 0.108. The average Bonchev–Trinajstić information content (AvgIpc) is 2.83. The number of nitrogens with one attached hydrogen (secondary N) is 1. The molecule has 0 radical (unpaired) electrons. The molecule has 0 bridgehead atoms. The van der Waals surface area contributed by atoms with Crippen molar-refractivity contribution in [1.29, 1.82) is 0 Å². The number of allylic oxidation sites excluding steroid dienone is 1. The fourth-order valence-electron chi connectivity index (χ4n) is 3.65. The molecule has 36 heavy (non-hydrogen) atoms. The molecule has 1 fully saturated rings. The Hall–Kier alpha value is -3.06. The third-order valence-electron chi connectivity index (χ3n) is 5.78. The highest BCUT2D eigenvalue weighted by Crippen LogP contribution is 2.25. The molecular weight excluding hydrogens is 475 g/mol. The van der Waals surface area contributed by atoms with E-state index in [1.54, 1.807) is 6.92 Å². The Kier molecular flexibility index (Phi) is 11.2. The van der Waals surface area contributed by atoms with Crippen LogP contribution in [-0.2, 0) is 31.9 Å². The van der Waals surface area contributed by atoms with Gasteiger partial charge >= 0.3 is 5.90 Å². The van der Waals surface area contributed by atoms with E-state index in [-0.39, 0.29) is 31.2 Å². The Labute approximate surface area is 208 Å². The van der Waals surface area contributed by atoms with Gasteiger partial charge in [0.25, 0.3) is 0 Å². The van der Waals surface area contributed by atoms with Crippen molar-refractivity contribution in [1.82, 2.24) is 5.32 Å². The number of nitrogens with two attached hydrogens (primary N) is 3. The normalized spacial score (nSPS) is 24.5. The van der Waals surface area contributed by atoms with Gasteiger partial charge in [-0.1, -0.05) is 24.3 Å². The summed E-state index contributed by atoms with van der Waals surface area (Å²) in [5.74, 6) is -0.765. The molecule has 5 atom stereocenters. The van der Waals surface area contributed by atoms with Gasteiger partial charge in [0, 0.05) is 31.5 Å². The molecule has 0 aromatic heterocycles. The lowest BCUT2D eigenvalue weighted by Crippen LogP contribution is -2.59. The first-order chi connectivity index (χ1) is 17.0. The summed E-state index contributed by atoms with van der Waals surface area (Å²) in [5.41, 5.74) is 13.7. The van der Waals surface area contributed by atoms with Crippen LogP contribution in [0.2, 0.25) is 0 Å². The third kappa shape index (κ3) is 8.55. The van der Waals surface area contributed by atoms with Crippen LogP contribution in [0.3, 0.4) is 0 Å². The molecule has 0 aliphatic carbocycles. The molecule has 1 aromatic rings. The number of aliphatic hydroxyl groups excluding tert-OH is 3. The topological polar surface area (TPSA) is 203 Å². The van der Waals surface area contributed by atoms with Crippen molar-refractivity contribution < 1.29 is 44.2 Å². The van der Waals surface area contributed by atoms with Crippen molar-refractivity contribution in [2.75, 3.05) is 13.2 Å². The fraction of sp³-hybridized carbons (Fsp3) is 0.542. The Morgan fingerprint density at radius 1 is 1.14 bits per heavy atom. The third-order valence-corrected chi connectivity index (χ3v) is 5.78. The van der Waals surface area contributed by atoms with Gasteiger partial charge in [-0.2, -0.15) is 0 Å². The molecule has 0 saturated carbocycles. The minimum atomic E-state index is -1.98. The van der Waals surface area contributed by atoms with Crippen molar-refractivity contribution in [2.45, 2.75) is 69.8 Å². The second-order valence-electron chi connectivity index (χ2n) is 8.71. The summed E-state index contributed by atoms with van der Waals surface area (Å²) >= 11 is 0. The average molecular weight is 512 g/mol. The maximum Gasteiger partial charge on any atom is 0.366 e. The molecule has 0 spiro atoms. The number of alkyl halides is 1. The number of halogens is 1. The highest BCUT2D eigenvalue weighted by molar-refractivity contribution is 5.89. The van der Waals surface area contributed by atoms with E-state index in [1.165, 1.54) is 0 Å². The van der Waals surface area contributed by atoms with Gasteiger partial charge in [0.05, 0.1) is 12.2 Å². The summed E-state index contributed by atoms with van der Waals surface area (Å²) < 4.78 is 24.6. The molecule has 1 aliphatic rings. The van der Waals surface area contributed by atoms with Crippen LogP contribution in [0, 0.1) is 0 Å². The van der Waals surface area contributed by atoms with Crippen LogP contribution in [0.5, 0.6) is 0 Å². The lowest BCUT2D eigenvalue weighted by atomic mass is 9.99. The molecule has 2 amide bonds. The summed E-state index contributed by atoms with van der Waals surface area (Å²) in [6.45, 7) is 1.14. The zero-order valence-corrected chi connectivity index (χ0v) is 20.2. The van der Waals surface area contributed by atoms with Crippen molar-refractivity contribution in [3.05, 3.63) is 46.7 Å². The fourth-order valence-corrected chi connectivity index (χ4v) is 3.65. The van der Waals surface area contributed by atoms with Gasteiger partial charge in [-0.3, -0.25) is 9.59 Å². The number of primary amides is 1. The second kappa shape index (κ2) is 13.9. The number of hydrogen-bond donors (Lipinski definition) is 7. The monoisotopic (exact) mass is 511 g/mol. The van der Waals surface area contributed by atoms with Crippen molar-refractivity contribution in [3.63, 3.8) is 0 Å². The van der Waals surface area contributed by atoms with E-state index >= 15 is 0 Å². The highest BCUT2D eigenvalue weighted by Gasteiger charge is 2.46. The number of amides is 2. The van der Waals surface area contributed by atoms with E-state index in [2.05, 4.69) is 5.32 Å².